The van der Waals surface area contributed by atoms with Crippen molar-refractivity contribution in [2.75, 3.05) is 43.2 Å². The number of nitrogens with two attached hydrogens (primary N) is 1. The highest BCUT2D eigenvalue weighted by molar-refractivity contribution is 5.96. The molecular weight excluding hydrogens is 342 g/mol. The molecule has 8 heteroatoms. The van der Waals surface area contributed by atoms with Crippen LogP contribution in [0.1, 0.15) is 28.8 Å². The number of nitrogen functional groups attached to an aromatic ring is 1. The molecule has 2 aromatic rings. The largest absolute Gasteiger partial charge is 0.393 e. The maximum atomic E-state index is 12.4. The van der Waals surface area contributed by atoms with Gasteiger partial charge in [0.15, 0.2) is 11.6 Å². The molecule has 0 bridgehead atoms. The van der Waals surface area contributed by atoms with Crippen LogP contribution in [-0.2, 0) is 0 Å². The summed E-state index contributed by atoms with van der Waals surface area (Å²) in [5, 5.41) is 0. The number of likely N-dealkylation sites (tertiary alicyclic amines) is 1. The van der Waals surface area contributed by atoms with E-state index in [2.05, 4.69) is 37.7 Å². The van der Waals surface area contributed by atoms with Crippen molar-refractivity contribution >= 4 is 23.2 Å². The Labute approximate surface area is 159 Å². The lowest BCUT2D eigenvalue weighted by molar-refractivity contribution is 0.0962. The summed E-state index contributed by atoms with van der Waals surface area (Å²) in [6.45, 7) is 4.00. The van der Waals surface area contributed by atoms with Crippen LogP contribution in [0.2, 0.25) is 0 Å². The maximum absolute atomic E-state index is 12.4. The summed E-state index contributed by atoms with van der Waals surface area (Å²) in [7, 11) is 4.14. The number of benzene rings is 1. The number of rotatable bonds is 5. The van der Waals surface area contributed by atoms with Crippen molar-refractivity contribution in [3.8, 4) is 0 Å². The van der Waals surface area contributed by atoms with Crippen LogP contribution >= 0.6 is 0 Å². The van der Waals surface area contributed by atoms with Crippen molar-refractivity contribution in [3.05, 3.63) is 41.7 Å². The quantitative estimate of drug-likeness (QED) is 0.689. The Morgan fingerprint density at radius 3 is 2.67 bits per heavy atom. The van der Waals surface area contributed by atoms with Crippen LogP contribution < -0.4 is 21.5 Å². The number of aryl methyl sites for hydroxylation is 1. The van der Waals surface area contributed by atoms with Gasteiger partial charge in [0.2, 0.25) is 0 Å². The third-order valence-electron chi connectivity index (χ3n) is 5.12. The van der Waals surface area contributed by atoms with E-state index in [1.165, 1.54) is 6.33 Å². The Bertz CT molecular complexity index is 802. The molecule has 1 aliphatic heterocycles. The van der Waals surface area contributed by atoms with E-state index < -0.39 is 0 Å². The molecule has 0 spiro atoms. The topological polar surface area (TPSA) is 99.4 Å². The summed E-state index contributed by atoms with van der Waals surface area (Å²) in [5.41, 5.74) is 13.7. The zero-order chi connectivity index (χ0) is 19.4. The molecule has 0 radical (unpaired) electrons. The molecule has 144 valence electrons. The number of hydrogen-bond acceptors (Lipinski definition) is 7. The number of hydrogen-bond donors (Lipinski definition) is 3. The molecule has 1 aromatic heterocycles. The molecule has 3 rings (SSSR count). The Balaban J connectivity index is 1.69. The summed E-state index contributed by atoms with van der Waals surface area (Å²) in [6, 6.07) is 7.77. The molecule has 1 amide bonds. The molecule has 0 unspecified atom stereocenters. The summed E-state index contributed by atoms with van der Waals surface area (Å²) in [4.78, 5) is 25.3. The highest BCUT2D eigenvalue weighted by atomic mass is 16.2. The second kappa shape index (κ2) is 8.22. The number of carbonyl (C=O) groups excluding carboxylic acids is 1. The minimum atomic E-state index is -0.240. The average Bonchev–Trinajstić information content (AvgIpc) is 2.67. The van der Waals surface area contributed by atoms with E-state index in [9.17, 15) is 4.79 Å². The second-order valence-electron chi connectivity index (χ2n) is 7.00. The Hall–Kier alpha value is -2.87. The van der Waals surface area contributed by atoms with Gasteiger partial charge in [-0.2, -0.15) is 0 Å². The van der Waals surface area contributed by atoms with Crippen molar-refractivity contribution in [2.45, 2.75) is 25.8 Å². The Kier molecular flexibility index (Phi) is 5.75. The van der Waals surface area contributed by atoms with Crippen LogP contribution in [0.4, 0.5) is 17.3 Å². The molecule has 1 fully saturated rings. The van der Waals surface area contributed by atoms with Gasteiger partial charge in [-0.15, -0.1) is 0 Å². The fourth-order valence-corrected chi connectivity index (χ4v) is 3.33. The predicted molar refractivity (Wildman–Crippen MR) is 108 cm³/mol. The van der Waals surface area contributed by atoms with E-state index in [0.717, 1.165) is 31.5 Å². The molecule has 27 heavy (non-hydrogen) atoms. The average molecular weight is 369 g/mol. The van der Waals surface area contributed by atoms with E-state index in [1.807, 2.05) is 32.2 Å². The summed E-state index contributed by atoms with van der Waals surface area (Å²) < 4.78 is 0. The molecular formula is C19H27N7O. The number of anilines is 3. The Morgan fingerprint density at radius 1 is 1.26 bits per heavy atom. The summed E-state index contributed by atoms with van der Waals surface area (Å²) >= 11 is 0. The second-order valence-corrected chi connectivity index (χ2v) is 7.00. The van der Waals surface area contributed by atoms with Gasteiger partial charge in [-0.25, -0.2) is 9.97 Å². The third-order valence-corrected chi connectivity index (χ3v) is 5.12. The molecule has 1 aliphatic rings. The van der Waals surface area contributed by atoms with E-state index in [-0.39, 0.29) is 5.91 Å². The van der Waals surface area contributed by atoms with Gasteiger partial charge in [-0.3, -0.25) is 15.6 Å². The smallest absolute Gasteiger partial charge is 0.269 e. The van der Waals surface area contributed by atoms with Crippen LogP contribution in [0.15, 0.2) is 30.6 Å². The number of piperidine rings is 1. The highest BCUT2D eigenvalue weighted by Crippen LogP contribution is 2.28. The Morgan fingerprint density at radius 2 is 1.96 bits per heavy atom. The van der Waals surface area contributed by atoms with Crippen molar-refractivity contribution in [2.24, 2.45) is 0 Å². The number of aromatic nitrogens is 2. The van der Waals surface area contributed by atoms with Gasteiger partial charge >= 0.3 is 0 Å². The molecule has 0 saturated carbocycles. The fraction of sp³-hybridized carbons (Fsp3) is 0.421. The molecule has 1 aromatic carbocycles. The van der Waals surface area contributed by atoms with E-state index in [1.54, 1.807) is 6.07 Å². The fourth-order valence-electron chi connectivity index (χ4n) is 3.33. The molecule has 1 saturated heterocycles. The van der Waals surface area contributed by atoms with Gasteiger partial charge in [-0.05, 0) is 51.5 Å². The lowest BCUT2D eigenvalue weighted by Crippen LogP contribution is -2.42. The highest BCUT2D eigenvalue weighted by Gasteiger charge is 2.24. The van der Waals surface area contributed by atoms with Gasteiger partial charge in [-0.1, -0.05) is 18.2 Å². The predicted octanol–water partition coefficient (Wildman–Crippen LogP) is 1.65. The first-order valence-electron chi connectivity index (χ1n) is 9.11. The standard InChI is InChI=1S/C19H27N7O/c1-13-6-4-5-7-15(13)19(27)24-23-17-16(20)18(22-12-21-17)26(3)14-8-10-25(2)11-9-14/h4-7,12,14H,8-11,20H2,1-3H3,(H,24,27)(H,21,22,23). The molecule has 4 N–H and O–H groups in total. The first-order valence-corrected chi connectivity index (χ1v) is 9.11. The zero-order valence-electron chi connectivity index (χ0n) is 16.1. The van der Waals surface area contributed by atoms with Gasteiger partial charge in [0.1, 0.15) is 12.0 Å². The van der Waals surface area contributed by atoms with Crippen LogP contribution in [0, 0.1) is 6.92 Å². The third kappa shape index (κ3) is 4.28. The summed E-state index contributed by atoms with van der Waals surface area (Å²) in [6.07, 6.45) is 3.58. The monoisotopic (exact) mass is 369 g/mol. The lowest BCUT2D eigenvalue weighted by Gasteiger charge is -2.36. The SMILES string of the molecule is Cc1ccccc1C(=O)NNc1ncnc(N(C)C2CCN(C)CC2)c1N. The normalized spacial score (nSPS) is 15.4. The summed E-state index contributed by atoms with van der Waals surface area (Å²) in [5.74, 6) is 0.824. The van der Waals surface area contributed by atoms with E-state index in [0.29, 0.717) is 28.9 Å². The maximum Gasteiger partial charge on any atom is 0.269 e. The van der Waals surface area contributed by atoms with E-state index in [4.69, 9.17) is 5.73 Å². The molecule has 8 nitrogen and oxygen atoms in total. The first-order chi connectivity index (χ1) is 13.0. The number of nitrogens with one attached hydrogen (secondary N) is 2. The first kappa shape index (κ1) is 18.9. The molecule has 0 atom stereocenters. The molecule has 0 aliphatic carbocycles. The number of nitrogens with zero attached hydrogens (tertiary/aromatic N) is 4. The molecule has 2 heterocycles. The zero-order valence-corrected chi connectivity index (χ0v) is 16.1. The van der Waals surface area contributed by atoms with Crippen LogP contribution in [0.5, 0.6) is 0 Å². The van der Waals surface area contributed by atoms with Gasteiger partial charge in [0.25, 0.3) is 5.91 Å². The lowest BCUT2D eigenvalue weighted by atomic mass is 10.0. The number of amides is 1. The van der Waals surface area contributed by atoms with Crippen LogP contribution in [-0.4, -0.2) is 54.0 Å². The number of hydrazine groups is 1. The van der Waals surface area contributed by atoms with Crippen molar-refractivity contribution in [3.63, 3.8) is 0 Å². The van der Waals surface area contributed by atoms with Crippen molar-refractivity contribution < 1.29 is 4.79 Å². The van der Waals surface area contributed by atoms with Gasteiger partial charge < -0.3 is 15.5 Å². The van der Waals surface area contributed by atoms with Crippen LogP contribution in [0.3, 0.4) is 0 Å². The van der Waals surface area contributed by atoms with Crippen molar-refractivity contribution in [1.82, 2.24) is 20.3 Å². The van der Waals surface area contributed by atoms with Gasteiger partial charge in [0, 0.05) is 18.7 Å². The van der Waals surface area contributed by atoms with Gasteiger partial charge in [0.05, 0.1) is 0 Å². The van der Waals surface area contributed by atoms with Crippen molar-refractivity contribution in [1.29, 1.82) is 0 Å². The number of carbonyl (C=O) groups is 1. The minimum absolute atomic E-state index is 0.240. The van der Waals surface area contributed by atoms with Crippen LogP contribution in [0.25, 0.3) is 0 Å². The minimum Gasteiger partial charge on any atom is -0.393 e. The van der Waals surface area contributed by atoms with E-state index >= 15 is 0 Å².